The zero-order chi connectivity index (χ0) is 11.1. The van der Waals surface area contributed by atoms with Crippen molar-refractivity contribution in [1.82, 2.24) is 16.0 Å². The van der Waals surface area contributed by atoms with Gasteiger partial charge < -0.3 is 16.0 Å². The maximum Gasteiger partial charge on any atom is 0.234 e. The fourth-order valence-corrected chi connectivity index (χ4v) is 1.83. The Balaban J connectivity index is 2.02. The van der Waals surface area contributed by atoms with Gasteiger partial charge in [0, 0.05) is 18.6 Å². The zero-order valence-corrected chi connectivity index (χ0v) is 9.81. The predicted octanol–water partition coefficient (Wildman–Crippen LogP) is 0.243. The average Bonchev–Trinajstić information content (AvgIpc) is 2.18. The molecule has 0 aliphatic carbocycles. The molecule has 4 heteroatoms. The van der Waals surface area contributed by atoms with Crippen LogP contribution in [0.4, 0.5) is 0 Å². The van der Waals surface area contributed by atoms with E-state index in [1.807, 2.05) is 13.8 Å². The van der Waals surface area contributed by atoms with Gasteiger partial charge in [0.2, 0.25) is 5.91 Å². The molecule has 88 valence electrons. The molecule has 0 aromatic rings. The summed E-state index contributed by atoms with van der Waals surface area (Å²) < 4.78 is 0. The highest BCUT2D eigenvalue weighted by molar-refractivity contribution is 5.78. The van der Waals surface area contributed by atoms with E-state index in [4.69, 9.17) is 0 Å². The third kappa shape index (κ3) is 5.74. The van der Waals surface area contributed by atoms with E-state index in [1.165, 1.54) is 19.3 Å². The highest BCUT2D eigenvalue weighted by Gasteiger charge is 2.12. The van der Waals surface area contributed by atoms with E-state index < -0.39 is 0 Å². The highest BCUT2D eigenvalue weighted by atomic mass is 16.1. The maximum absolute atomic E-state index is 11.3. The molecule has 0 radical (unpaired) electrons. The molecule has 1 heterocycles. The molecule has 0 spiro atoms. The minimum Gasteiger partial charge on any atom is -0.353 e. The van der Waals surface area contributed by atoms with Crippen molar-refractivity contribution in [3.8, 4) is 0 Å². The molecule has 1 rings (SSSR count). The van der Waals surface area contributed by atoms with Crippen LogP contribution < -0.4 is 16.0 Å². The molecular weight excluding hydrogens is 190 g/mol. The second kappa shape index (κ2) is 6.80. The van der Waals surface area contributed by atoms with Gasteiger partial charge in [-0.1, -0.05) is 6.42 Å². The summed E-state index contributed by atoms with van der Waals surface area (Å²) in [4.78, 5) is 11.3. The predicted molar refractivity (Wildman–Crippen MR) is 61.8 cm³/mol. The summed E-state index contributed by atoms with van der Waals surface area (Å²) in [5.74, 6) is 0.0841. The van der Waals surface area contributed by atoms with Gasteiger partial charge in [0.1, 0.15) is 0 Å². The van der Waals surface area contributed by atoms with Gasteiger partial charge in [0.15, 0.2) is 0 Å². The van der Waals surface area contributed by atoms with Crippen molar-refractivity contribution in [3.63, 3.8) is 0 Å². The number of amides is 1. The third-order valence-electron chi connectivity index (χ3n) is 2.54. The Morgan fingerprint density at radius 1 is 1.47 bits per heavy atom. The average molecular weight is 213 g/mol. The smallest absolute Gasteiger partial charge is 0.234 e. The normalized spacial score (nSPS) is 21.7. The number of hydrogen-bond acceptors (Lipinski definition) is 3. The fourth-order valence-electron chi connectivity index (χ4n) is 1.83. The molecule has 1 aliphatic rings. The Kier molecular flexibility index (Phi) is 5.65. The Morgan fingerprint density at radius 3 is 2.87 bits per heavy atom. The van der Waals surface area contributed by atoms with Crippen LogP contribution in [0.3, 0.4) is 0 Å². The van der Waals surface area contributed by atoms with Crippen LogP contribution in [0.1, 0.15) is 33.1 Å². The first-order valence-corrected chi connectivity index (χ1v) is 5.92. The van der Waals surface area contributed by atoms with Crippen LogP contribution in [0.2, 0.25) is 0 Å². The topological polar surface area (TPSA) is 53.2 Å². The first-order valence-electron chi connectivity index (χ1n) is 5.92. The van der Waals surface area contributed by atoms with E-state index in [1.54, 1.807) is 0 Å². The summed E-state index contributed by atoms with van der Waals surface area (Å²) >= 11 is 0. The zero-order valence-electron chi connectivity index (χ0n) is 9.81. The summed E-state index contributed by atoms with van der Waals surface area (Å²) in [5, 5.41) is 9.48. The molecule has 0 saturated carbocycles. The molecule has 0 bridgehead atoms. The van der Waals surface area contributed by atoms with Gasteiger partial charge in [0.25, 0.3) is 0 Å². The molecule has 3 N–H and O–H groups in total. The molecule has 4 nitrogen and oxygen atoms in total. The maximum atomic E-state index is 11.3. The number of rotatable bonds is 5. The van der Waals surface area contributed by atoms with Crippen LogP contribution in [-0.4, -0.2) is 37.6 Å². The van der Waals surface area contributed by atoms with Crippen molar-refractivity contribution in [2.24, 2.45) is 0 Å². The molecule has 1 unspecified atom stereocenters. The summed E-state index contributed by atoms with van der Waals surface area (Å²) in [6.07, 6.45) is 3.81. The van der Waals surface area contributed by atoms with Crippen molar-refractivity contribution in [2.45, 2.75) is 45.2 Å². The van der Waals surface area contributed by atoms with Gasteiger partial charge in [0.05, 0.1) is 6.54 Å². The molecule has 1 fully saturated rings. The molecule has 1 aliphatic heterocycles. The Morgan fingerprint density at radius 2 is 2.27 bits per heavy atom. The summed E-state index contributed by atoms with van der Waals surface area (Å²) in [5.41, 5.74) is 0. The lowest BCUT2D eigenvalue weighted by Crippen LogP contribution is -2.45. The van der Waals surface area contributed by atoms with Gasteiger partial charge in [-0.3, -0.25) is 4.79 Å². The minimum absolute atomic E-state index is 0.0841. The van der Waals surface area contributed by atoms with Crippen molar-refractivity contribution < 1.29 is 4.79 Å². The monoisotopic (exact) mass is 213 g/mol. The van der Waals surface area contributed by atoms with E-state index in [-0.39, 0.29) is 11.9 Å². The SMILES string of the molecule is CC(C)NC(=O)CNCC1CCCCN1. The number of hydrogen-bond donors (Lipinski definition) is 3. The standard InChI is InChI=1S/C11H23N3O/c1-9(2)14-11(15)8-12-7-10-5-3-4-6-13-10/h9-10,12-13H,3-8H2,1-2H3,(H,14,15). The van der Waals surface area contributed by atoms with E-state index in [9.17, 15) is 4.79 Å². The van der Waals surface area contributed by atoms with E-state index >= 15 is 0 Å². The second-order valence-electron chi connectivity index (χ2n) is 4.50. The van der Waals surface area contributed by atoms with Crippen LogP contribution >= 0.6 is 0 Å². The molecule has 0 aromatic carbocycles. The third-order valence-corrected chi connectivity index (χ3v) is 2.54. The number of nitrogens with one attached hydrogen (secondary N) is 3. The number of carbonyl (C=O) groups excluding carboxylic acids is 1. The van der Waals surface area contributed by atoms with E-state index in [0.717, 1.165) is 13.1 Å². The largest absolute Gasteiger partial charge is 0.353 e. The minimum atomic E-state index is 0.0841. The van der Waals surface area contributed by atoms with Gasteiger partial charge in [-0.2, -0.15) is 0 Å². The number of piperidine rings is 1. The molecule has 1 amide bonds. The van der Waals surface area contributed by atoms with Crippen LogP contribution in [0, 0.1) is 0 Å². The quantitative estimate of drug-likeness (QED) is 0.613. The first kappa shape index (κ1) is 12.5. The van der Waals surface area contributed by atoms with Crippen molar-refractivity contribution in [1.29, 1.82) is 0 Å². The van der Waals surface area contributed by atoms with Crippen molar-refractivity contribution >= 4 is 5.91 Å². The fraction of sp³-hybridized carbons (Fsp3) is 0.909. The Hall–Kier alpha value is -0.610. The molecular formula is C11H23N3O. The van der Waals surface area contributed by atoms with Crippen LogP contribution in [0.15, 0.2) is 0 Å². The Labute approximate surface area is 92.2 Å². The van der Waals surface area contributed by atoms with Gasteiger partial charge in [-0.15, -0.1) is 0 Å². The number of carbonyl (C=O) groups is 1. The molecule has 15 heavy (non-hydrogen) atoms. The van der Waals surface area contributed by atoms with Gasteiger partial charge >= 0.3 is 0 Å². The highest BCUT2D eigenvalue weighted by Crippen LogP contribution is 2.05. The lowest BCUT2D eigenvalue weighted by atomic mass is 10.1. The summed E-state index contributed by atoms with van der Waals surface area (Å²) in [6, 6.07) is 0.776. The van der Waals surface area contributed by atoms with Gasteiger partial charge in [-0.05, 0) is 33.2 Å². The molecule has 1 atom stereocenters. The van der Waals surface area contributed by atoms with Crippen LogP contribution in [0.5, 0.6) is 0 Å². The van der Waals surface area contributed by atoms with Crippen LogP contribution in [0.25, 0.3) is 0 Å². The lowest BCUT2D eigenvalue weighted by Gasteiger charge is -2.23. The van der Waals surface area contributed by atoms with Crippen molar-refractivity contribution in [3.05, 3.63) is 0 Å². The van der Waals surface area contributed by atoms with E-state index in [0.29, 0.717) is 12.6 Å². The molecule has 0 aromatic heterocycles. The summed E-state index contributed by atoms with van der Waals surface area (Å²) in [7, 11) is 0. The first-order chi connectivity index (χ1) is 7.18. The van der Waals surface area contributed by atoms with Crippen molar-refractivity contribution in [2.75, 3.05) is 19.6 Å². The second-order valence-corrected chi connectivity index (χ2v) is 4.50. The molecule has 1 saturated heterocycles. The Bertz CT molecular complexity index is 188. The van der Waals surface area contributed by atoms with Crippen LogP contribution in [-0.2, 0) is 4.79 Å². The lowest BCUT2D eigenvalue weighted by molar-refractivity contribution is -0.120. The van der Waals surface area contributed by atoms with Gasteiger partial charge in [-0.25, -0.2) is 0 Å². The van der Waals surface area contributed by atoms with E-state index in [2.05, 4.69) is 16.0 Å². The summed E-state index contributed by atoms with van der Waals surface area (Å²) in [6.45, 7) is 6.38.